The van der Waals surface area contributed by atoms with Crippen molar-refractivity contribution in [3.8, 4) is 11.5 Å². The van der Waals surface area contributed by atoms with Gasteiger partial charge in [0.25, 0.3) is 0 Å². The summed E-state index contributed by atoms with van der Waals surface area (Å²) in [6.07, 6.45) is 1.07. The molecule has 0 heterocycles. The van der Waals surface area contributed by atoms with Crippen LogP contribution in [0.5, 0.6) is 11.5 Å². The molecule has 0 saturated carbocycles. The van der Waals surface area contributed by atoms with Crippen LogP contribution in [0.2, 0.25) is 0 Å². The minimum atomic E-state index is 0. The second kappa shape index (κ2) is 13.9. The number of rotatable bonds is 10. The van der Waals surface area contributed by atoms with Gasteiger partial charge in [-0.1, -0.05) is 0 Å². The lowest BCUT2D eigenvalue weighted by atomic mass is 10.2. The van der Waals surface area contributed by atoms with Gasteiger partial charge in [-0.25, -0.2) is 0 Å². The number of hydrogen-bond donors (Lipinski definition) is 2. The maximum Gasteiger partial charge on any atom is 0.191 e. The normalized spacial score (nSPS) is 11.6. The Balaban J connectivity index is 0.00000676. The zero-order valence-corrected chi connectivity index (χ0v) is 20.2. The summed E-state index contributed by atoms with van der Waals surface area (Å²) in [6.45, 7) is 11.6. The van der Waals surface area contributed by atoms with Crippen molar-refractivity contribution < 1.29 is 9.47 Å². The van der Waals surface area contributed by atoms with Crippen LogP contribution in [0.4, 0.5) is 0 Å². The molecule has 0 radical (unpaired) electrons. The van der Waals surface area contributed by atoms with Crippen molar-refractivity contribution in [3.63, 3.8) is 0 Å². The Morgan fingerprint density at radius 2 is 1.74 bits per heavy atom. The zero-order chi connectivity index (χ0) is 19.5. The maximum absolute atomic E-state index is 5.44. The van der Waals surface area contributed by atoms with Crippen molar-refractivity contribution in [3.05, 3.63) is 23.8 Å². The maximum atomic E-state index is 5.44. The molecule has 27 heavy (non-hydrogen) atoms. The van der Waals surface area contributed by atoms with Crippen LogP contribution in [-0.4, -0.2) is 57.3 Å². The summed E-state index contributed by atoms with van der Waals surface area (Å²) in [5.74, 6) is 2.38. The summed E-state index contributed by atoms with van der Waals surface area (Å²) in [5.41, 5.74) is 1.06. The Kier molecular flexibility index (Phi) is 13.2. The van der Waals surface area contributed by atoms with Crippen molar-refractivity contribution in [1.29, 1.82) is 0 Å². The van der Waals surface area contributed by atoms with Crippen LogP contribution in [0.1, 0.15) is 39.7 Å². The smallest absolute Gasteiger partial charge is 0.191 e. The van der Waals surface area contributed by atoms with Crippen LogP contribution < -0.4 is 20.1 Å². The van der Waals surface area contributed by atoms with E-state index in [1.807, 2.05) is 18.2 Å². The third-order valence-electron chi connectivity index (χ3n) is 4.38. The monoisotopic (exact) mass is 492 g/mol. The van der Waals surface area contributed by atoms with Gasteiger partial charge in [-0.3, -0.25) is 9.89 Å². The van der Waals surface area contributed by atoms with E-state index in [0.29, 0.717) is 18.6 Å². The predicted molar refractivity (Wildman–Crippen MR) is 125 cm³/mol. The quantitative estimate of drug-likeness (QED) is 0.227. The van der Waals surface area contributed by atoms with E-state index in [0.717, 1.165) is 42.5 Å². The summed E-state index contributed by atoms with van der Waals surface area (Å²) in [7, 11) is 5.10. The summed E-state index contributed by atoms with van der Waals surface area (Å²) >= 11 is 0. The first kappa shape index (κ1) is 25.8. The molecule has 0 aliphatic heterocycles. The molecule has 0 bridgehead atoms. The molecule has 7 heteroatoms. The average Bonchev–Trinajstić information content (AvgIpc) is 2.63. The van der Waals surface area contributed by atoms with Crippen LogP contribution in [-0.2, 0) is 6.54 Å². The van der Waals surface area contributed by atoms with Crippen molar-refractivity contribution in [2.45, 2.75) is 52.7 Å². The fourth-order valence-electron chi connectivity index (χ4n) is 2.98. The highest BCUT2D eigenvalue weighted by molar-refractivity contribution is 14.0. The van der Waals surface area contributed by atoms with Gasteiger partial charge in [-0.2, -0.15) is 0 Å². The number of aliphatic imine (C=N–C) groups is 1. The molecule has 0 unspecified atom stereocenters. The molecule has 1 rings (SSSR count). The lowest BCUT2D eigenvalue weighted by Gasteiger charge is -2.30. The van der Waals surface area contributed by atoms with E-state index in [1.165, 1.54) is 0 Å². The third-order valence-corrected chi connectivity index (χ3v) is 4.38. The van der Waals surface area contributed by atoms with Crippen molar-refractivity contribution >= 4 is 29.9 Å². The van der Waals surface area contributed by atoms with Gasteiger partial charge >= 0.3 is 0 Å². The van der Waals surface area contributed by atoms with E-state index in [9.17, 15) is 0 Å². The number of hydrogen-bond acceptors (Lipinski definition) is 4. The van der Waals surface area contributed by atoms with Crippen molar-refractivity contribution in [2.24, 2.45) is 4.99 Å². The van der Waals surface area contributed by atoms with Crippen molar-refractivity contribution in [2.75, 3.05) is 34.4 Å². The largest absolute Gasteiger partial charge is 0.497 e. The molecule has 0 fully saturated rings. The molecule has 156 valence electrons. The van der Waals surface area contributed by atoms with Crippen LogP contribution in [0.25, 0.3) is 0 Å². The number of benzene rings is 1. The second-order valence-electron chi connectivity index (χ2n) is 6.81. The summed E-state index contributed by atoms with van der Waals surface area (Å²) in [5, 5.41) is 6.72. The lowest BCUT2D eigenvalue weighted by molar-refractivity contribution is 0.173. The Hall–Kier alpha value is -1.22. The Morgan fingerprint density at radius 3 is 2.26 bits per heavy atom. The summed E-state index contributed by atoms with van der Waals surface area (Å²) in [4.78, 5) is 6.79. The number of halogens is 1. The Labute approximate surface area is 182 Å². The molecule has 0 atom stereocenters. The number of nitrogens with one attached hydrogen (secondary N) is 2. The van der Waals surface area contributed by atoms with Gasteiger partial charge in [0.05, 0.1) is 14.2 Å². The summed E-state index contributed by atoms with van der Waals surface area (Å²) < 4.78 is 10.7. The second-order valence-corrected chi connectivity index (χ2v) is 6.81. The van der Waals surface area contributed by atoms with Gasteiger partial charge in [0.1, 0.15) is 11.5 Å². The molecular formula is C20H37IN4O2. The van der Waals surface area contributed by atoms with E-state index in [1.54, 1.807) is 21.3 Å². The molecular weight excluding hydrogens is 455 g/mol. The van der Waals surface area contributed by atoms with Crippen LogP contribution >= 0.6 is 24.0 Å². The number of ether oxygens (including phenoxy) is 2. The van der Waals surface area contributed by atoms with Gasteiger partial charge in [0, 0.05) is 50.4 Å². The molecule has 0 aliphatic carbocycles. The molecule has 0 saturated heterocycles. The van der Waals surface area contributed by atoms with E-state index in [4.69, 9.17) is 9.47 Å². The predicted octanol–water partition coefficient (Wildman–Crippen LogP) is 3.50. The van der Waals surface area contributed by atoms with Gasteiger partial charge in [0.2, 0.25) is 0 Å². The first-order valence-electron chi connectivity index (χ1n) is 9.34. The Bertz CT molecular complexity index is 557. The topological polar surface area (TPSA) is 58.1 Å². The van der Waals surface area contributed by atoms with Gasteiger partial charge in [-0.05, 0) is 46.2 Å². The highest BCUT2D eigenvalue weighted by Gasteiger charge is 2.12. The number of nitrogens with zero attached hydrogens (tertiary/aromatic N) is 2. The molecule has 0 amide bonds. The number of methoxy groups -OCH3 is 2. The van der Waals surface area contributed by atoms with E-state index >= 15 is 0 Å². The molecule has 2 N–H and O–H groups in total. The molecule has 0 aliphatic rings. The van der Waals surface area contributed by atoms with Crippen LogP contribution in [0.15, 0.2) is 23.2 Å². The molecule has 0 aromatic heterocycles. The Morgan fingerprint density at radius 1 is 1.07 bits per heavy atom. The van der Waals surface area contributed by atoms with Crippen molar-refractivity contribution in [1.82, 2.24) is 15.5 Å². The minimum absolute atomic E-state index is 0. The average molecular weight is 492 g/mol. The van der Waals surface area contributed by atoms with Gasteiger partial charge in [-0.15, -0.1) is 24.0 Å². The highest BCUT2D eigenvalue weighted by Crippen LogP contribution is 2.24. The zero-order valence-electron chi connectivity index (χ0n) is 17.8. The van der Waals surface area contributed by atoms with E-state index in [-0.39, 0.29) is 24.0 Å². The molecule has 1 aromatic rings. The summed E-state index contributed by atoms with van der Waals surface area (Å²) in [6, 6.07) is 6.95. The third kappa shape index (κ3) is 9.01. The van der Waals surface area contributed by atoms with Crippen LogP contribution in [0, 0.1) is 0 Å². The van der Waals surface area contributed by atoms with Gasteiger partial charge in [0.15, 0.2) is 5.96 Å². The lowest BCUT2D eigenvalue weighted by Crippen LogP contribution is -2.41. The fourth-order valence-corrected chi connectivity index (χ4v) is 2.98. The van der Waals surface area contributed by atoms with E-state index in [2.05, 4.69) is 48.2 Å². The SMILES string of the molecule is CN=C(NCCCN(C(C)C)C(C)C)NCc1ccc(OC)cc1OC.I. The van der Waals surface area contributed by atoms with Crippen LogP contribution in [0.3, 0.4) is 0 Å². The molecule has 6 nitrogen and oxygen atoms in total. The number of guanidine groups is 1. The fraction of sp³-hybridized carbons (Fsp3) is 0.650. The minimum Gasteiger partial charge on any atom is -0.497 e. The highest BCUT2D eigenvalue weighted by atomic mass is 127. The van der Waals surface area contributed by atoms with E-state index < -0.39 is 0 Å². The first-order valence-corrected chi connectivity index (χ1v) is 9.34. The first-order chi connectivity index (χ1) is 12.4. The van der Waals surface area contributed by atoms with Gasteiger partial charge < -0.3 is 20.1 Å². The molecule has 0 spiro atoms. The molecule has 1 aromatic carbocycles. The standard InChI is InChI=1S/C20H36N4O2.HI/c1-15(2)24(16(3)4)12-8-11-22-20(21-5)23-14-17-9-10-18(25-6)13-19(17)26-7;/h9-10,13,15-16H,8,11-12,14H2,1-7H3,(H2,21,22,23);1H.